The monoisotopic (exact) mass is 484 g/mol. The number of carbonyl (C=O) groups is 1. The lowest BCUT2D eigenvalue weighted by molar-refractivity contribution is -0.153. The molecule has 0 saturated carbocycles. The number of ether oxygens (including phenoxy) is 1. The molecule has 2 heterocycles. The quantitative estimate of drug-likeness (QED) is 0.505. The number of nitrogens with one attached hydrogen (secondary N) is 1. The fraction of sp³-hybridized carbons (Fsp3) is 0.308. The molecule has 6 nitrogen and oxygen atoms in total. The van der Waals surface area contributed by atoms with Crippen LogP contribution in [0.3, 0.4) is 0 Å². The van der Waals surface area contributed by atoms with Gasteiger partial charge in [0, 0.05) is 50.7 Å². The van der Waals surface area contributed by atoms with Crippen molar-refractivity contribution in [2.45, 2.75) is 12.6 Å². The molecule has 0 aliphatic carbocycles. The molecule has 1 N–H and O–H groups in total. The highest BCUT2D eigenvalue weighted by molar-refractivity contribution is 6.06. The zero-order valence-corrected chi connectivity index (χ0v) is 19.2. The average Bonchev–Trinajstić information content (AvgIpc) is 2.87. The number of halogens is 3. The van der Waals surface area contributed by atoms with Gasteiger partial charge in [0.2, 0.25) is 0 Å². The molecule has 1 saturated heterocycles. The van der Waals surface area contributed by atoms with Crippen molar-refractivity contribution in [2.24, 2.45) is 0 Å². The third kappa shape index (κ3) is 7.19. The zero-order chi connectivity index (χ0) is 24.7. The summed E-state index contributed by atoms with van der Waals surface area (Å²) in [4.78, 5) is 21.5. The largest absolute Gasteiger partial charge is 0.484 e. The lowest BCUT2D eigenvalue weighted by atomic mass is 10.1. The van der Waals surface area contributed by atoms with E-state index in [9.17, 15) is 18.0 Å². The van der Waals surface area contributed by atoms with Crippen molar-refractivity contribution in [1.29, 1.82) is 0 Å². The van der Waals surface area contributed by atoms with Crippen LogP contribution in [0.4, 0.5) is 24.5 Å². The predicted molar refractivity (Wildman–Crippen MR) is 129 cm³/mol. The van der Waals surface area contributed by atoms with Gasteiger partial charge in [-0.2, -0.15) is 13.2 Å². The molecule has 0 atom stereocenters. The van der Waals surface area contributed by atoms with Gasteiger partial charge in [-0.05, 0) is 60.5 Å². The third-order valence-electron chi connectivity index (χ3n) is 5.85. The number of carbonyl (C=O) groups excluding carboxylic acids is 1. The van der Waals surface area contributed by atoms with E-state index >= 15 is 0 Å². The van der Waals surface area contributed by atoms with E-state index in [4.69, 9.17) is 4.74 Å². The maximum atomic E-state index is 12.8. The zero-order valence-electron chi connectivity index (χ0n) is 19.2. The van der Waals surface area contributed by atoms with E-state index in [0.717, 1.165) is 44.8 Å². The van der Waals surface area contributed by atoms with Gasteiger partial charge in [0.15, 0.2) is 6.61 Å². The molecular weight excluding hydrogens is 457 g/mol. The molecule has 0 spiro atoms. The maximum absolute atomic E-state index is 12.8. The van der Waals surface area contributed by atoms with Gasteiger partial charge in [-0.15, -0.1) is 0 Å². The predicted octanol–water partition coefficient (Wildman–Crippen LogP) is 4.64. The van der Waals surface area contributed by atoms with Crippen LogP contribution in [0, 0.1) is 0 Å². The summed E-state index contributed by atoms with van der Waals surface area (Å²) in [5, 5.41) is 2.94. The molecule has 4 rings (SSSR count). The molecule has 9 heteroatoms. The lowest BCUT2D eigenvalue weighted by Crippen LogP contribution is -2.47. The number of pyridine rings is 1. The molecule has 0 radical (unpaired) electrons. The summed E-state index contributed by atoms with van der Waals surface area (Å²) in [6.45, 7) is 3.14. The van der Waals surface area contributed by atoms with E-state index in [1.165, 1.54) is 29.8 Å². The number of aromatic nitrogens is 1. The van der Waals surface area contributed by atoms with Crippen molar-refractivity contribution in [3.05, 3.63) is 84.2 Å². The summed E-state index contributed by atoms with van der Waals surface area (Å²) in [6, 6.07) is 17.3. The summed E-state index contributed by atoms with van der Waals surface area (Å²) in [5.41, 5.74) is 3.25. The van der Waals surface area contributed by atoms with E-state index in [1.54, 1.807) is 0 Å². The maximum Gasteiger partial charge on any atom is 0.422 e. The molecule has 0 bridgehead atoms. The van der Waals surface area contributed by atoms with Gasteiger partial charge in [0.25, 0.3) is 5.91 Å². The molecule has 1 fully saturated rings. The van der Waals surface area contributed by atoms with E-state index in [2.05, 4.69) is 20.1 Å². The Morgan fingerprint density at radius 3 is 2.31 bits per heavy atom. The molecule has 3 aromatic rings. The summed E-state index contributed by atoms with van der Waals surface area (Å²) in [7, 11) is 0. The second-order valence-corrected chi connectivity index (χ2v) is 8.33. The molecule has 0 unspecified atom stereocenters. The molecular formula is C26H27F3N4O2. The van der Waals surface area contributed by atoms with Crippen LogP contribution in [0.1, 0.15) is 15.9 Å². The van der Waals surface area contributed by atoms with Crippen LogP contribution in [0.2, 0.25) is 0 Å². The number of hydrogen-bond acceptors (Lipinski definition) is 5. The van der Waals surface area contributed by atoms with Gasteiger partial charge in [-0.1, -0.05) is 12.1 Å². The van der Waals surface area contributed by atoms with Gasteiger partial charge in [-0.25, -0.2) is 0 Å². The first kappa shape index (κ1) is 24.5. The van der Waals surface area contributed by atoms with Crippen LogP contribution < -0.4 is 15.0 Å². The second kappa shape index (κ2) is 11.2. The number of para-hydroxylation sites is 2. The van der Waals surface area contributed by atoms with Crippen LogP contribution in [-0.2, 0) is 6.42 Å². The Morgan fingerprint density at radius 1 is 0.943 bits per heavy atom. The van der Waals surface area contributed by atoms with Gasteiger partial charge >= 0.3 is 6.18 Å². The number of rotatable bonds is 8. The van der Waals surface area contributed by atoms with E-state index in [-0.39, 0.29) is 11.7 Å². The van der Waals surface area contributed by atoms with E-state index < -0.39 is 12.8 Å². The Labute approximate surface area is 202 Å². The Bertz CT molecular complexity index is 1100. The van der Waals surface area contributed by atoms with Crippen molar-refractivity contribution in [3.63, 3.8) is 0 Å². The number of nitrogens with zero attached hydrogens (tertiary/aromatic N) is 3. The van der Waals surface area contributed by atoms with Crippen LogP contribution in [0.5, 0.6) is 5.75 Å². The van der Waals surface area contributed by atoms with Crippen LogP contribution in [0.15, 0.2) is 73.1 Å². The van der Waals surface area contributed by atoms with Crippen molar-refractivity contribution in [1.82, 2.24) is 9.88 Å². The van der Waals surface area contributed by atoms with Crippen molar-refractivity contribution in [3.8, 4) is 5.75 Å². The first-order chi connectivity index (χ1) is 16.9. The summed E-state index contributed by atoms with van der Waals surface area (Å²) in [6.07, 6.45) is 0.198. The Hall–Kier alpha value is -3.59. The summed E-state index contributed by atoms with van der Waals surface area (Å²) < 4.78 is 41.6. The second-order valence-electron chi connectivity index (χ2n) is 8.33. The standard InChI is InChI=1S/C26H27F3N4O2/c27-26(28,29)19-35-22-7-5-21(6-8-22)25(34)31-23-3-1-2-4-24(23)33-17-15-32(16-18-33)14-11-20-9-12-30-13-10-20/h1-10,12-13H,11,14-19H2,(H,31,34). The Balaban J connectivity index is 1.32. The highest BCUT2D eigenvalue weighted by Crippen LogP contribution is 2.27. The van der Waals surface area contributed by atoms with Crippen molar-refractivity contribution < 1.29 is 22.7 Å². The number of amides is 1. The Morgan fingerprint density at radius 2 is 1.63 bits per heavy atom. The molecule has 35 heavy (non-hydrogen) atoms. The number of benzene rings is 2. The third-order valence-corrected chi connectivity index (χ3v) is 5.85. The normalized spacial score (nSPS) is 14.5. The fourth-order valence-corrected chi connectivity index (χ4v) is 3.97. The minimum absolute atomic E-state index is 0.0566. The molecule has 1 aliphatic heterocycles. The van der Waals surface area contributed by atoms with Crippen molar-refractivity contribution >= 4 is 17.3 Å². The number of hydrogen-bond donors (Lipinski definition) is 1. The average molecular weight is 485 g/mol. The topological polar surface area (TPSA) is 57.7 Å². The van der Waals surface area contributed by atoms with Gasteiger partial charge in [0.05, 0.1) is 11.4 Å². The smallest absolute Gasteiger partial charge is 0.422 e. The van der Waals surface area contributed by atoms with Crippen molar-refractivity contribution in [2.75, 3.05) is 49.5 Å². The van der Waals surface area contributed by atoms with Crippen LogP contribution in [-0.4, -0.2) is 61.3 Å². The van der Waals surface area contributed by atoms with Gasteiger partial charge in [-0.3, -0.25) is 14.7 Å². The minimum atomic E-state index is -4.41. The lowest BCUT2D eigenvalue weighted by Gasteiger charge is -2.37. The van der Waals surface area contributed by atoms with E-state index in [1.807, 2.05) is 48.8 Å². The SMILES string of the molecule is O=C(Nc1ccccc1N1CCN(CCc2ccncc2)CC1)c1ccc(OCC(F)(F)F)cc1. The van der Waals surface area contributed by atoms with Crippen LogP contribution >= 0.6 is 0 Å². The fourth-order valence-electron chi connectivity index (χ4n) is 3.97. The number of anilines is 2. The number of alkyl halides is 3. The van der Waals surface area contributed by atoms with Gasteiger partial charge < -0.3 is 15.0 Å². The Kier molecular flexibility index (Phi) is 7.87. The first-order valence-electron chi connectivity index (χ1n) is 11.4. The molecule has 1 aromatic heterocycles. The first-order valence-corrected chi connectivity index (χ1v) is 11.4. The van der Waals surface area contributed by atoms with Gasteiger partial charge in [0.1, 0.15) is 5.75 Å². The highest BCUT2D eigenvalue weighted by atomic mass is 19.4. The summed E-state index contributed by atoms with van der Waals surface area (Å²) in [5.74, 6) is -0.281. The molecule has 184 valence electrons. The number of piperazine rings is 1. The highest BCUT2D eigenvalue weighted by Gasteiger charge is 2.28. The molecule has 2 aromatic carbocycles. The molecule has 1 aliphatic rings. The summed E-state index contributed by atoms with van der Waals surface area (Å²) >= 11 is 0. The minimum Gasteiger partial charge on any atom is -0.484 e. The van der Waals surface area contributed by atoms with E-state index in [0.29, 0.717) is 11.3 Å². The molecule has 1 amide bonds. The van der Waals surface area contributed by atoms with Crippen LogP contribution in [0.25, 0.3) is 0 Å².